The lowest BCUT2D eigenvalue weighted by Crippen LogP contribution is -2.03. The molecule has 0 saturated heterocycles. The van der Waals surface area contributed by atoms with Crippen molar-refractivity contribution in [1.82, 2.24) is 0 Å². The van der Waals surface area contributed by atoms with Gasteiger partial charge in [0.25, 0.3) is 0 Å². The minimum atomic E-state index is -0.628. The van der Waals surface area contributed by atoms with Gasteiger partial charge in [-0.25, -0.2) is 0 Å². The molecule has 0 radical (unpaired) electrons. The molecule has 1 aliphatic rings. The summed E-state index contributed by atoms with van der Waals surface area (Å²) >= 11 is 12.1. The van der Waals surface area contributed by atoms with Gasteiger partial charge in [-0.1, -0.05) is 47.5 Å². The van der Waals surface area contributed by atoms with Crippen LogP contribution in [0.25, 0.3) is 0 Å². The Balaban J connectivity index is 0.000000720. The fourth-order valence-corrected chi connectivity index (χ4v) is 2.08. The Kier molecular flexibility index (Phi) is 4.88. The molecule has 0 fully saturated rings. The van der Waals surface area contributed by atoms with E-state index in [-0.39, 0.29) is 24.8 Å². The van der Waals surface area contributed by atoms with Crippen LogP contribution < -0.4 is 0 Å². The highest BCUT2D eigenvalue weighted by atomic mass is 35.5. The average Bonchev–Trinajstić information content (AvgIpc) is 2.29. The Morgan fingerprint density at radius 1 is 1.08 bits per heavy atom. The zero-order valence-corrected chi connectivity index (χ0v) is 9.94. The molecular weight excluding hydrogens is 250 g/mol. The molecule has 2 rings (SSSR count). The topological polar surface area (TPSA) is 0 Å². The maximum absolute atomic E-state index is 6.06. The zero-order chi connectivity index (χ0) is 7.90. The summed E-state index contributed by atoms with van der Waals surface area (Å²) < 4.78 is -0.628. The van der Waals surface area contributed by atoms with Crippen molar-refractivity contribution in [2.24, 2.45) is 0 Å². The highest BCUT2D eigenvalue weighted by Gasteiger charge is 2.33. The van der Waals surface area contributed by atoms with Crippen molar-refractivity contribution in [2.45, 2.75) is 17.2 Å². The lowest BCUT2D eigenvalue weighted by atomic mass is 10.1. The lowest BCUT2D eigenvalue weighted by molar-refractivity contribution is 0.814. The Labute approximate surface area is 100 Å². The number of hydrogen-bond acceptors (Lipinski definition) is 0. The van der Waals surface area contributed by atoms with Gasteiger partial charge in [-0.05, 0) is 24.0 Å². The van der Waals surface area contributed by atoms with Crippen molar-refractivity contribution in [3.8, 4) is 0 Å². The first kappa shape index (κ1) is 13.4. The molecule has 1 aromatic carbocycles. The number of rotatable bonds is 0. The Morgan fingerprint density at radius 3 is 2.31 bits per heavy atom. The van der Waals surface area contributed by atoms with Crippen molar-refractivity contribution in [3.63, 3.8) is 0 Å². The van der Waals surface area contributed by atoms with E-state index in [2.05, 4.69) is 6.07 Å². The third-order valence-electron chi connectivity index (χ3n) is 2.12. The van der Waals surface area contributed by atoms with Crippen LogP contribution in [-0.4, -0.2) is 0 Å². The van der Waals surface area contributed by atoms with E-state index in [1.54, 1.807) is 0 Å². The molecule has 0 nitrogen and oxygen atoms in total. The van der Waals surface area contributed by atoms with Crippen molar-refractivity contribution >= 4 is 48.0 Å². The fourth-order valence-electron chi connectivity index (χ4n) is 1.52. The van der Waals surface area contributed by atoms with E-state index in [0.717, 1.165) is 18.4 Å². The molecule has 0 bridgehead atoms. The predicted octanol–water partition coefficient (Wildman–Crippen LogP) is 4.11. The minimum absolute atomic E-state index is 0. The number of alkyl halides is 2. The molecule has 0 aliphatic heterocycles. The Morgan fingerprint density at radius 2 is 1.69 bits per heavy atom. The van der Waals surface area contributed by atoms with Gasteiger partial charge in [0.15, 0.2) is 0 Å². The molecular formula is C9H10Cl4. The third-order valence-corrected chi connectivity index (χ3v) is 2.90. The molecule has 0 aromatic heterocycles. The van der Waals surface area contributed by atoms with Gasteiger partial charge >= 0.3 is 0 Å². The van der Waals surface area contributed by atoms with E-state index < -0.39 is 4.33 Å². The molecule has 0 amide bonds. The van der Waals surface area contributed by atoms with Crippen LogP contribution in [0.5, 0.6) is 0 Å². The molecule has 0 N–H and O–H groups in total. The molecule has 1 aliphatic carbocycles. The monoisotopic (exact) mass is 258 g/mol. The van der Waals surface area contributed by atoms with Crippen LogP contribution in [0.4, 0.5) is 0 Å². The number of aryl methyl sites for hydroxylation is 1. The summed E-state index contributed by atoms with van der Waals surface area (Å²) in [5.74, 6) is 0. The minimum Gasteiger partial charge on any atom is -0.147 e. The van der Waals surface area contributed by atoms with Crippen LogP contribution in [-0.2, 0) is 10.8 Å². The maximum Gasteiger partial charge on any atom is 0.143 e. The van der Waals surface area contributed by atoms with Gasteiger partial charge < -0.3 is 0 Å². The summed E-state index contributed by atoms with van der Waals surface area (Å²) in [6.07, 6.45) is 1.85. The quantitative estimate of drug-likeness (QED) is 0.616. The smallest absolute Gasteiger partial charge is 0.143 e. The summed E-state index contributed by atoms with van der Waals surface area (Å²) in [4.78, 5) is 0. The molecule has 0 heterocycles. The van der Waals surface area contributed by atoms with Crippen LogP contribution in [0, 0.1) is 0 Å². The van der Waals surface area contributed by atoms with Crippen LogP contribution >= 0.6 is 48.0 Å². The summed E-state index contributed by atoms with van der Waals surface area (Å²) in [5, 5.41) is 0. The third kappa shape index (κ3) is 2.44. The Hall–Kier alpha value is 0.380. The molecule has 0 saturated carbocycles. The highest BCUT2D eigenvalue weighted by Crippen LogP contribution is 2.45. The van der Waals surface area contributed by atoms with Gasteiger partial charge in [-0.2, -0.15) is 0 Å². The molecule has 0 unspecified atom stereocenters. The van der Waals surface area contributed by atoms with E-state index in [1.165, 1.54) is 5.56 Å². The highest BCUT2D eigenvalue weighted by molar-refractivity contribution is 6.48. The van der Waals surface area contributed by atoms with Gasteiger partial charge in [0.2, 0.25) is 0 Å². The van der Waals surface area contributed by atoms with E-state index in [1.807, 2.05) is 18.2 Å². The molecule has 0 atom stereocenters. The lowest BCUT2D eigenvalue weighted by Gasteiger charge is -2.11. The second-order valence-electron chi connectivity index (χ2n) is 2.86. The van der Waals surface area contributed by atoms with Crippen LogP contribution in [0.15, 0.2) is 24.3 Å². The van der Waals surface area contributed by atoms with E-state index >= 15 is 0 Å². The zero-order valence-electron chi connectivity index (χ0n) is 6.80. The normalized spacial score (nSPS) is 16.8. The fraction of sp³-hybridized carbons (Fsp3) is 0.333. The first-order valence-electron chi connectivity index (χ1n) is 3.66. The molecule has 0 spiro atoms. The molecule has 74 valence electrons. The number of benzene rings is 1. The van der Waals surface area contributed by atoms with Gasteiger partial charge in [0.05, 0.1) is 0 Å². The summed E-state index contributed by atoms with van der Waals surface area (Å²) in [5.41, 5.74) is 2.38. The van der Waals surface area contributed by atoms with Crippen molar-refractivity contribution in [2.75, 3.05) is 0 Å². The van der Waals surface area contributed by atoms with Gasteiger partial charge in [-0.3, -0.25) is 0 Å². The molecule has 4 heteroatoms. The molecule has 1 aromatic rings. The predicted molar refractivity (Wildman–Crippen MR) is 62.6 cm³/mol. The number of hydrogen-bond donors (Lipinski definition) is 0. The van der Waals surface area contributed by atoms with E-state index in [0.29, 0.717) is 0 Å². The maximum atomic E-state index is 6.06. The summed E-state index contributed by atoms with van der Waals surface area (Å²) in [7, 11) is 0. The SMILES string of the molecule is Cl.Cl.ClC1(Cl)CCc2ccccc21. The second kappa shape index (κ2) is 4.75. The largest absolute Gasteiger partial charge is 0.147 e. The van der Waals surface area contributed by atoms with Crippen LogP contribution in [0.1, 0.15) is 17.5 Å². The average molecular weight is 260 g/mol. The van der Waals surface area contributed by atoms with Crippen molar-refractivity contribution in [1.29, 1.82) is 0 Å². The summed E-state index contributed by atoms with van der Waals surface area (Å²) in [6, 6.07) is 8.09. The van der Waals surface area contributed by atoms with Gasteiger partial charge in [0, 0.05) is 0 Å². The number of halogens is 4. The molecule has 13 heavy (non-hydrogen) atoms. The first-order valence-corrected chi connectivity index (χ1v) is 4.42. The number of fused-ring (bicyclic) bond motifs is 1. The van der Waals surface area contributed by atoms with Crippen LogP contribution in [0.3, 0.4) is 0 Å². The van der Waals surface area contributed by atoms with Crippen molar-refractivity contribution < 1.29 is 0 Å². The second-order valence-corrected chi connectivity index (χ2v) is 4.35. The standard InChI is InChI=1S/C9H8Cl2.2ClH/c10-9(11)6-5-7-3-1-2-4-8(7)9;;/h1-4H,5-6H2;2*1H. The Bertz CT molecular complexity index is 283. The van der Waals surface area contributed by atoms with Gasteiger partial charge in [-0.15, -0.1) is 24.8 Å². The van der Waals surface area contributed by atoms with E-state index in [9.17, 15) is 0 Å². The van der Waals surface area contributed by atoms with Crippen molar-refractivity contribution in [3.05, 3.63) is 35.4 Å². The van der Waals surface area contributed by atoms with Gasteiger partial charge in [0.1, 0.15) is 4.33 Å². The van der Waals surface area contributed by atoms with Crippen LogP contribution in [0.2, 0.25) is 0 Å². The first-order chi connectivity index (χ1) is 5.20. The summed E-state index contributed by atoms with van der Waals surface area (Å²) in [6.45, 7) is 0. The van der Waals surface area contributed by atoms with E-state index in [4.69, 9.17) is 23.2 Å².